The fraction of sp³-hybridized carbons (Fsp3) is 0.542. The molecular weight excluding hydrogens is 491 g/mol. The fourth-order valence-corrected chi connectivity index (χ4v) is 4.30. The minimum Gasteiger partial charge on any atom is -0.475 e. The average molecular weight is 522 g/mol. The Kier molecular flexibility index (Phi) is 6.91. The first-order valence-electron chi connectivity index (χ1n) is 12.0. The number of hydrogen-bond acceptors (Lipinski definition) is 8. The summed E-state index contributed by atoms with van der Waals surface area (Å²) in [5.74, 6) is 1.20. The number of ether oxygens (including phenoxy) is 2. The monoisotopic (exact) mass is 521 g/mol. The topological polar surface area (TPSA) is 117 Å². The number of pyridine rings is 1. The maximum Gasteiger partial charge on any atom is 0.406 e. The van der Waals surface area contributed by atoms with E-state index in [4.69, 9.17) is 14.9 Å². The van der Waals surface area contributed by atoms with E-state index >= 15 is 0 Å². The fourth-order valence-electron chi connectivity index (χ4n) is 4.30. The van der Waals surface area contributed by atoms with E-state index in [0.29, 0.717) is 41.6 Å². The van der Waals surface area contributed by atoms with Crippen molar-refractivity contribution >= 4 is 29.3 Å². The number of halogens is 3. The molecule has 4 rings (SSSR count). The van der Waals surface area contributed by atoms with Crippen LogP contribution in [0.3, 0.4) is 0 Å². The lowest BCUT2D eigenvalue weighted by Crippen LogP contribution is -2.43. The van der Waals surface area contributed by atoms with Gasteiger partial charge in [0.2, 0.25) is 11.8 Å². The summed E-state index contributed by atoms with van der Waals surface area (Å²) >= 11 is 0. The molecule has 0 bridgehead atoms. The number of aromatic nitrogens is 3. The van der Waals surface area contributed by atoms with Crippen molar-refractivity contribution in [2.45, 2.75) is 70.9 Å². The molecule has 1 saturated carbocycles. The van der Waals surface area contributed by atoms with Crippen molar-refractivity contribution in [1.82, 2.24) is 19.9 Å². The van der Waals surface area contributed by atoms with Crippen LogP contribution in [0, 0.1) is 5.41 Å². The normalized spacial score (nSPS) is 15.8. The molecule has 37 heavy (non-hydrogen) atoms. The zero-order valence-electron chi connectivity index (χ0n) is 21.3. The van der Waals surface area contributed by atoms with E-state index in [2.05, 4.69) is 20.3 Å². The molecule has 13 heteroatoms. The molecule has 1 spiro atoms. The maximum atomic E-state index is 13.5. The Labute approximate surface area is 212 Å². The maximum absolute atomic E-state index is 13.5. The summed E-state index contributed by atoms with van der Waals surface area (Å²) < 4.78 is 49.9. The van der Waals surface area contributed by atoms with E-state index in [-0.39, 0.29) is 24.4 Å². The van der Waals surface area contributed by atoms with Gasteiger partial charge in [0.25, 0.3) is 6.02 Å². The molecule has 10 nitrogen and oxygen atoms in total. The highest BCUT2D eigenvalue weighted by Crippen LogP contribution is 2.60. The van der Waals surface area contributed by atoms with Gasteiger partial charge in [-0.3, -0.25) is 15.1 Å². The molecule has 0 aromatic carbocycles. The van der Waals surface area contributed by atoms with Crippen molar-refractivity contribution in [2.24, 2.45) is 0 Å². The van der Waals surface area contributed by atoms with Crippen molar-refractivity contribution in [3.8, 4) is 5.88 Å². The molecule has 2 N–H and O–H groups in total. The summed E-state index contributed by atoms with van der Waals surface area (Å²) in [6.07, 6.45) is -1.72. The van der Waals surface area contributed by atoms with E-state index in [1.165, 1.54) is 11.1 Å². The Morgan fingerprint density at radius 1 is 1.24 bits per heavy atom. The summed E-state index contributed by atoms with van der Waals surface area (Å²) in [5.41, 5.74) is 0.443. The Hall–Kier alpha value is -3.64. The Balaban J connectivity index is 1.63. The van der Waals surface area contributed by atoms with Crippen LogP contribution in [-0.4, -0.2) is 63.7 Å². The lowest BCUT2D eigenvalue weighted by atomic mass is 9.99. The average Bonchev–Trinajstić information content (AvgIpc) is 3.58. The summed E-state index contributed by atoms with van der Waals surface area (Å²) in [4.78, 5) is 29.1. The summed E-state index contributed by atoms with van der Waals surface area (Å²) in [6, 6.07) is 2.14. The Bertz CT molecular complexity index is 1180. The van der Waals surface area contributed by atoms with Gasteiger partial charge < -0.3 is 19.7 Å². The number of nitrogens with zero attached hydrogens (tertiary/aromatic N) is 5. The SMILES string of the molecule is CNc1nc(COC(=N)N(CC(F)(F)F)C(C)C)nc2c1C1(CC1)C(=O)N2c1ccc(OC(C)C)nc1. The smallest absolute Gasteiger partial charge is 0.406 e. The predicted octanol–water partition coefficient (Wildman–Crippen LogP) is 4.13. The highest BCUT2D eigenvalue weighted by molar-refractivity contribution is 6.14. The number of carbonyl (C=O) groups excluding carboxylic acids is 1. The number of anilines is 3. The standard InChI is InChI=1S/C24H30F3N7O3/c1-13(2)33(12-24(25,26)27)22(28)36-11-16-31-19(29-5)18-20(32-16)34(21(35)23(18)8-9-23)15-6-7-17(30-10-15)37-14(3)4/h6-7,10,13-14,28H,8-9,11-12H2,1-5H3,(H,29,31,32). The Morgan fingerprint density at radius 2 is 1.95 bits per heavy atom. The van der Waals surface area contributed by atoms with Crippen LogP contribution in [0.1, 0.15) is 51.9 Å². The van der Waals surface area contributed by atoms with Crippen LogP contribution in [0.15, 0.2) is 18.3 Å². The van der Waals surface area contributed by atoms with E-state index in [1.54, 1.807) is 33.0 Å². The van der Waals surface area contributed by atoms with Crippen molar-refractivity contribution in [3.05, 3.63) is 29.7 Å². The highest BCUT2D eigenvalue weighted by atomic mass is 19.4. The molecular formula is C24H30F3N7O3. The van der Waals surface area contributed by atoms with Crippen LogP contribution < -0.4 is 15.0 Å². The second-order valence-electron chi connectivity index (χ2n) is 9.61. The number of fused-ring (bicyclic) bond motifs is 2. The minimum atomic E-state index is -4.49. The number of hydrogen-bond donors (Lipinski definition) is 2. The molecule has 0 unspecified atom stereocenters. The van der Waals surface area contributed by atoms with Crippen molar-refractivity contribution in [3.63, 3.8) is 0 Å². The molecule has 200 valence electrons. The molecule has 1 aliphatic heterocycles. The summed E-state index contributed by atoms with van der Waals surface area (Å²) in [7, 11) is 1.67. The van der Waals surface area contributed by atoms with E-state index in [0.717, 1.165) is 4.90 Å². The van der Waals surface area contributed by atoms with Gasteiger partial charge in [-0.1, -0.05) is 0 Å². The number of nitrogens with one attached hydrogen (secondary N) is 2. The second kappa shape index (κ2) is 9.67. The van der Waals surface area contributed by atoms with Gasteiger partial charge in [-0.25, -0.2) is 15.0 Å². The van der Waals surface area contributed by atoms with Gasteiger partial charge in [0.05, 0.1) is 29.0 Å². The summed E-state index contributed by atoms with van der Waals surface area (Å²) in [6.45, 7) is 5.18. The third-order valence-electron chi connectivity index (χ3n) is 6.13. The highest BCUT2D eigenvalue weighted by Gasteiger charge is 2.62. The van der Waals surface area contributed by atoms with Crippen LogP contribution in [0.25, 0.3) is 0 Å². The van der Waals surface area contributed by atoms with Gasteiger partial charge in [-0.15, -0.1) is 0 Å². The number of amides is 1. The third kappa shape index (κ3) is 5.25. The number of carbonyl (C=O) groups is 1. The first-order valence-corrected chi connectivity index (χ1v) is 12.0. The molecule has 0 radical (unpaired) electrons. The first-order chi connectivity index (χ1) is 17.4. The van der Waals surface area contributed by atoms with E-state index in [1.807, 2.05) is 13.8 Å². The van der Waals surface area contributed by atoms with Gasteiger partial charge in [0.15, 0.2) is 12.4 Å². The molecule has 0 atom stereocenters. The first kappa shape index (κ1) is 26.4. The minimum absolute atomic E-state index is 0.0582. The van der Waals surface area contributed by atoms with Crippen LogP contribution in [0.2, 0.25) is 0 Å². The molecule has 1 amide bonds. The van der Waals surface area contributed by atoms with Gasteiger partial charge in [-0.05, 0) is 46.6 Å². The lowest BCUT2D eigenvalue weighted by Gasteiger charge is -2.29. The molecule has 2 aliphatic rings. The van der Waals surface area contributed by atoms with Gasteiger partial charge >= 0.3 is 6.18 Å². The number of alkyl halides is 3. The van der Waals surface area contributed by atoms with Gasteiger partial charge in [0.1, 0.15) is 18.2 Å². The van der Waals surface area contributed by atoms with Crippen molar-refractivity contribution < 1.29 is 27.4 Å². The second-order valence-corrected chi connectivity index (χ2v) is 9.61. The third-order valence-corrected chi connectivity index (χ3v) is 6.13. The molecule has 2 aromatic heterocycles. The lowest BCUT2D eigenvalue weighted by molar-refractivity contribution is -0.142. The largest absolute Gasteiger partial charge is 0.475 e. The van der Waals surface area contributed by atoms with Crippen LogP contribution >= 0.6 is 0 Å². The molecule has 2 aromatic rings. The quantitative estimate of drug-likeness (QED) is 0.393. The zero-order chi connectivity index (χ0) is 27.1. The molecule has 1 aliphatic carbocycles. The Morgan fingerprint density at radius 3 is 2.46 bits per heavy atom. The van der Waals surface area contributed by atoms with Crippen molar-refractivity contribution in [1.29, 1.82) is 5.41 Å². The van der Waals surface area contributed by atoms with Crippen LogP contribution in [0.4, 0.5) is 30.5 Å². The molecule has 0 saturated heterocycles. The van der Waals surface area contributed by atoms with E-state index in [9.17, 15) is 18.0 Å². The molecule has 1 fully saturated rings. The van der Waals surface area contributed by atoms with Gasteiger partial charge in [-0.2, -0.15) is 13.2 Å². The number of rotatable bonds is 8. The van der Waals surface area contributed by atoms with Crippen LogP contribution in [0.5, 0.6) is 5.88 Å². The van der Waals surface area contributed by atoms with Gasteiger partial charge in [0, 0.05) is 19.2 Å². The molecule has 3 heterocycles. The number of amidine groups is 1. The van der Waals surface area contributed by atoms with E-state index < -0.39 is 30.2 Å². The van der Waals surface area contributed by atoms with Crippen LogP contribution in [-0.2, 0) is 21.6 Å². The van der Waals surface area contributed by atoms with Crippen molar-refractivity contribution in [2.75, 3.05) is 23.8 Å². The zero-order valence-corrected chi connectivity index (χ0v) is 21.3. The summed E-state index contributed by atoms with van der Waals surface area (Å²) in [5, 5.41) is 11.1. The predicted molar refractivity (Wildman–Crippen MR) is 130 cm³/mol.